The molecule has 1 aliphatic heterocycles. The topological polar surface area (TPSA) is 87.5 Å². The summed E-state index contributed by atoms with van der Waals surface area (Å²) in [6, 6.07) is 8.42. The number of alkyl halides is 3. The van der Waals surface area contributed by atoms with E-state index in [0.29, 0.717) is 24.7 Å². The zero-order valence-corrected chi connectivity index (χ0v) is 16.2. The highest BCUT2D eigenvalue weighted by atomic mass is 19.4. The monoisotopic (exact) mass is 422 g/mol. The Balaban J connectivity index is 1.82. The average molecular weight is 422 g/mol. The predicted molar refractivity (Wildman–Crippen MR) is 106 cm³/mol. The number of hydrogen-bond donors (Lipinski definition) is 2. The molecular formula is C20H21F3N4O3. The molecule has 0 aromatic heterocycles. The number of nitro benzene ring substituents is 1. The van der Waals surface area contributed by atoms with Crippen LogP contribution in [0.25, 0.3) is 0 Å². The van der Waals surface area contributed by atoms with Gasteiger partial charge in [0, 0.05) is 25.2 Å². The van der Waals surface area contributed by atoms with Crippen LogP contribution >= 0.6 is 0 Å². The first kappa shape index (κ1) is 21.4. The maximum absolute atomic E-state index is 12.9. The molecule has 160 valence electrons. The molecule has 3 rings (SSSR count). The van der Waals surface area contributed by atoms with E-state index in [0.717, 1.165) is 25.0 Å². The molecule has 0 unspecified atom stereocenters. The van der Waals surface area contributed by atoms with Gasteiger partial charge in [-0.2, -0.15) is 13.2 Å². The smallest absolute Gasteiger partial charge is 0.371 e. The van der Waals surface area contributed by atoms with Crippen molar-refractivity contribution >= 4 is 23.0 Å². The van der Waals surface area contributed by atoms with Crippen LogP contribution in [0.2, 0.25) is 0 Å². The molecule has 2 N–H and O–H groups in total. The van der Waals surface area contributed by atoms with E-state index in [-0.39, 0.29) is 16.9 Å². The summed E-state index contributed by atoms with van der Waals surface area (Å²) in [5.74, 6) is -0.121. The number of amides is 1. The number of non-ortho nitro benzene ring substituents is 1. The summed E-state index contributed by atoms with van der Waals surface area (Å²) in [4.78, 5) is 25.3. The fourth-order valence-electron chi connectivity index (χ4n) is 3.31. The van der Waals surface area contributed by atoms with Gasteiger partial charge in [-0.3, -0.25) is 25.8 Å². The van der Waals surface area contributed by atoms with Gasteiger partial charge in [0.15, 0.2) is 0 Å². The van der Waals surface area contributed by atoms with E-state index in [1.807, 2.05) is 4.90 Å². The van der Waals surface area contributed by atoms with Crippen LogP contribution in [0, 0.1) is 16.0 Å². The molecule has 0 saturated carbocycles. The van der Waals surface area contributed by atoms with Crippen LogP contribution in [0.5, 0.6) is 0 Å². The molecule has 0 bridgehead atoms. The van der Waals surface area contributed by atoms with Crippen LogP contribution < -0.4 is 15.8 Å². The third kappa shape index (κ3) is 5.00. The molecule has 1 amide bonds. The van der Waals surface area contributed by atoms with Gasteiger partial charge < -0.3 is 4.90 Å². The van der Waals surface area contributed by atoms with Crippen LogP contribution in [0.1, 0.15) is 35.7 Å². The van der Waals surface area contributed by atoms with Crippen LogP contribution in [0.3, 0.4) is 0 Å². The van der Waals surface area contributed by atoms with E-state index in [1.165, 1.54) is 30.3 Å². The number of piperidine rings is 1. The van der Waals surface area contributed by atoms with E-state index < -0.39 is 22.6 Å². The largest absolute Gasteiger partial charge is 0.416 e. The highest BCUT2D eigenvalue weighted by Crippen LogP contribution is 2.31. The SMILES string of the molecule is CC1CCN(c2ccc([N+](=O)[O-])cc2C(=O)NNc2cccc(C(F)(F)F)c2)CC1. The molecule has 0 spiro atoms. The molecule has 10 heteroatoms. The number of benzene rings is 2. The maximum Gasteiger partial charge on any atom is 0.416 e. The molecule has 30 heavy (non-hydrogen) atoms. The lowest BCUT2D eigenvalue weighted by Gasteiger charge is -2.33. The second-order valence-electron chi connectivity index (χ2n) is 7.29. The van der Waals surface area contributed by atoms with Gasteiger partial charge in [-0.1, -0.05) is 13.0 Å². The fraction of sp³-hybridized carbons (Fsp3) is 0.350. The van der Waals surface area contributed by atoms with Gasteiger partial charge in [-0.15, -0.1) is 0 Å². The van der Waals surface area contributed by atoms with Crippen molar-refractivity contribution in [3.05, 3.63) is 63.7 Å². The lowest BCUT2D eigenvalue weighted by atomic mass is 9.98. The van der Waals surface area contributed by atoms with E-state index in [9.17, 15) is 28.1 Å². The number of nitrogens with one attached hydrogen (secondary N) is 2. The second kappa shape index (κ2) is 8.60. The van der Waals surface area contributed by atoms with Gasteiger partial charge in [0.1, 0.15) is 0 Å². The highest BCUT2D eigenvalue weighted by Gasteiger charge is 2.30. The maximum atomic E-state index is 12.9. The van der Waals surface area contributed by atoms with Crippen molar-refractivity contribution in [3.8, 4) is 0 Å². The molecule has 7 nitrogen and oxygen atoms in total. The first-order valence-corrected chi connectivity index (χ1v) is 9.42. The highest BCUT2D eigenvalue weighted by molar-refractivity contribution is 6.01. The number of nitrogens with zero attached hydrogens (tertiary/aromatic N) is 2. The number of carbonyl (C=O) groups excluding carboxylic acids is 1. The Morgan fingerprint density at radius 1 is 1.17 bits per heavy atom. The zero-order chi connectivity index (χ0) is 21.9. The fourth-order valence-corrected chi connectivity index (χ4v) is 3.31. The van der Waals surface area contributed by atoms with Gasteiger partial charge in [-0.05, 0) is 43.0 Å². The molecule has 2 aromatic carbocycles. The normalized spacial score (nSPS) is 15.0. The standard InChI is InChI=1S/C20H21F3N4O3/c1-13-7-9-26(10-8-13)18-6-5-16(27(29)30)12-17(18)19(28)25-24-15-4-2-3-14(11-15)20(21,22)23/h2-6,11-13,24H,7-10H2,1H3,(H,25,28). The number of carbonyl (C=O) groups is 1. The molecule has 1 fully saturated rings. The summed E-state index contributed by atoms with van der Waals surface area (Å²) in [5.41, 5.74) is 4.37. The molecule has 1 heterocycles. The minimum Gasteiger partial charge on any atom is -0.371 e. The number of halogens is 3. The van der Waals surface area contributed by atoms with Gasteiger partial charge in [0.2, 0.25) is 0 Å². The lowest BCUT2D eigenvalue weighted by molar-refractivity contribution is -0.384. The molecule has 1 aliphatic rings. The second-order valence-corrected chi connectivity index (χ2v) is 7.29. The van der Waals surface area contributed by atoms with Crippen molar-refractivity contribution in [1.82, 2.24) is 5.43 Å². The Bertz CT molecular complexity index is 941. The molecular weight excluding hydrogens is 401 g/mol. The van der Waals surface area contributed by atoms with Crippen LogP contribution in [-0.4, -0.2) is 23.9 Å². The minimum atomic E-state index is -4.51. The number of anilines is 2. The van der Waals surface area contributed by atoms with Crippen molar-refractivity contribution in [2.75, 3.05) is 23.4 Å². The number of rotatable bonds is 5. The molecule has 1 saturated heterocycles. The third-order valence-corrected chi connectivity index (χ3v) is 5.07. The van der Waals surface area contributed by atoms with Crippen LogP contribution in [-0.2, 0) is 6.18 Å². The van der Waals surface area contributed by atoms with Crippen LogP contribution in [0.4, 0.5) is 30.2 Å². The van der Waals surface area contributed by atoms with Crippen molar-refractivity contribution in [3.63, 3.8) is 0 Å². The third-order valence-electron chi connectivity index (χ3n) is 5.07. The van der Waals surface area contributed by atoms with Gasteiger partial charge in [0.05, 0.1) is 27.4 Å². The van der Waals surface area contributed by atoms with Crippen LogP contribution in [0.15, 0.2) is 42.5 Å². The average Bonchev–Trinajstić information content (AvgIpc) is 2.71. The quantitative estimate of drug-likeness (QED) is 0.543. The zero-order valence-electron chi connectivity index (χ0n) is 16.2. The van der Waals surface area contributed by atoms with E-state index >= 15 is 0 Å². The molecule has 0 aliphatic carbocycles. The van der Waals surface area contributed by atoms with E-state index in [1.54, 1.807) is 0 Å². The Morgan fingerprint density at radius 3 is 2.50 bits per heavy atom. The predicted octanol–water partition coefficient (Wildman–Crippen LogP) is 4.61. The number of hydrogen-bond acceptors (Lipinski definition) is 5. The summed E-state index contributed by atoms with van der Waals surface area (Å²) in [5, 5.41) is 11.2. The Morgan fingerprint density at radius 2 is 1.87 bits per heavy atom. The summed E-state index contributed by atoms with van der Waals surface area (Å²) in [6.07, 6.45) is -2.65. The van der Waals surface area contributed by atoms with Crippen molar-refractivity contribution in [1.29, 1.82) is 0 Å². The molecule has 0 atom stereocenters. The first-order chi connectivity index (χ1) is 14.1. The molecule has 2 aromatic rings. The van der Waals surface area contributed by atoms with Crippen molar-refractivity contribution in [2.45, 2.75) is 25.9 Å². The summed E-state index contributed by atoms with van der Waals surface area (Å²) in [7, 11) is 0. The van der Waals surface area contributed by atoms with E-state index in [2.05, 4.69) is 17.8 Å². The Kier molecular flexibility index (Phi) is 6.14. The van der Waals surface area contributed by atoms with Crippen molar-refractivity contribution in [2.24, 2.45) is 5.92 Å². The lowest BCUT2D eigenvalue weighted by Crippen LogP contribution is -2.36. The van der Waals surface area contributed by atoms with Gasteiger partial charge in [-0.25, -0.2) is 0 Å². The summed E-state index contributed by atoms with van der Waals surface area (Å²) >= 11 is 0. The first-order valence-electron chi connectivity index (χ1n) is 9.42. The Hall–Kier alpha value is -3.30. The number of nitro groups is 1. The molecule has 0 radical (unpaired) electrons. The summed E-state index contributed by atoms with van der Waals surface area (Å²) < 4.78 is 38.6. The van der Waals surface area contributed by atoms with Crippen molar-refractivity contribution < 1.29 is 22.9 Å². The van der Waals surface area contributed by atoms with Gasteiger partial charge in [0.25, 0.3) is 11.6 Å². The van der Waals surface area contributed by atoms with E-state index in [4.69, 9.17) is 0 Å². The number of hydrazine groups is 1. The summed E-state index contributed by atoms with van der Waals surface area (Å²) in [6.45, 7) is 3.56. The Labute approximate surface area is 171 Å². The minimum absolute atomic E-state index is 0.0388. The van der Waals surface area contributed by atoms with Gasteiger partial charge >= 0.3 is 6.18 Å².